The highest BCUT2D eigenvalue weighted by Crippen LogP contribution is 2.25. The van der Waals surface area contributed by atoms with Gasteiger partial charge in [0, 0.05) is 6.04 Å². The molecule has 17 heavy (non-hydrogen) atoms. The second-order valence-electron chi connectivity index (χ2n) is 6.03. The van der Waals surface area contributed by atoms with Crippen LogP contribution in [0.15, 0.2) is 0 Å². The normalized spacial score (nSPS) is 26.2. The first-order chi connectivity index (χ1) is 7.72. The molecule has 1 fully saturated rings. The zero-order valence-electron chi connectivity index (χ0n) is 11.8. The van der Waals surface area contributed by atoms with Crippen LogP contribution in [0.1, 0.15) is 48.0 Å². The molecule has 4 nitrogen and oxygen atoms in total. The van der Waals surface area contributed by atoms with E-state index in [1.54, 1.807) is 4.90 Å². The van der Waals surface area contributed by atoms with Gasteiger partial charge in [-0.25, -0.2) is 4.79 Å². The quantitative estimate of drug-likeness (QED) is 0.710. The van der Waals surface area contributed by atoms with Gasteiger partial charge < -0.3 is 9.47 Å². The minimum Gasteiger partial charge on any atom is -0.444 e. The number of carbonyl (C=O) groups excluding carboxylic acids is 1. The SMILES string of the molecule is CC(C)C1OCC[C@H](C)N1C(=O)OC(C)(C)C. The number of hydrogen-bond acceptors (Lipinski definition) is 3. The number of ether oxygens (including phenoxy) is 2. The molecule has 0 aromatic heterocycles. The summed E-state index contributed by atoms with van der Waals surface area (Å²) in [4.78, 5) is 13.9. The van der Waals surface area contributed by atoms with E-state index < -0.39 is 5.60 Å². The molecule has 0 N–H and O–H groups in total. The summed E-state index contributed by atoms with van der Waals surface area (Å²) < 4.78 is 11.1. The van der Waals surface area contributed by atoms with Crippen molar-refractivity contribution in [1.29, 1.82) is 0 Å². The molecule has 0 bridgehead atoms. The van der Waals surface area contributed by atoms with Gasteiger partial charge in [0.05, 0.1) is 6.61 Å². The molecule has 2 atom stereocenters. The van der Waals surface area contributed by atoms with E-state index in [-0.39, 0.29) is 24.3 Å². The largest absolute Gasteiger partial charge is 0.444 e. The van der Waals surface area contributed by atoms with Gasteiger partial charge in [-0.3, -0.25) is 4.90 Å². The van der Waals surface area contributed by atoms with Gasteiger partial charge in [-0.05, 0) is 40.0 Å². The van der Waals surface area contributed by atoms with Crippen LogP contribution in [0.3, 0.4) is 0 Å². The van der Waals surface area contributed by atoms with Gasteiger partial charge in [-0.15, -0.1) is 0 Å². The van der Waals surface area contributed by atoms with E-state index in [4.69, 9.17) is 9.47 Å². The molecule has 1 rings (SSSR count). The zero-order valence-corrected chi connectivity index (χ0v) is 11.8. The first kappa shape index (κ1) is 14.3. The minimum absolute atomic E-state index is 0.172. The van der Waals surface area contributed by atoms with Crippen molar-refractivity contribution >= 4 is 6.09 Å². The average Bonchev–Trinajstić information content (AvgIpc) is 2.13. The van der Waals surface area contributed by atoms with Crippen molar-refractivity contribution in [3.8, 4) is 0 Å². The fourth-order valence-corrected chi connectivity index (χ4v) is 1.94. The predicted octanol–water partition coefficient (Wildman–Crippen LogP) is 3.01. The molecule has 0 radical (unpaired) electrons. The third-order valence-corrected chi connectivity index (χ3v) is 2.75. The van der Waals surface area contributed by atoms with Crippen LogP contribution in [-0.2, 0) is 9.47 Å². The average molecular weight is 243 g/mol. The van der Waals surface area contributed by atoms with E-state index in [0.29, 0.717) is 6.61 Å². The minimum atomic E-state index is -0.463. The Morgan fingerprint density at radius 3 is 2.47 bits per heavy atom. The highest BCUT2D eigenvalue weighted by atomic mass is 16.6. The molecule has 0 aromatic rings. The lowest BCUT2D eigenvalue weighted by Crippen LogP contribution is -2.54. The van der Waals surface area contributed by atoms with Crippen molar-refractivity contribution in [2.24, 2.45) is 5.92 Å². The summed E-state index contributed by atoms with van der Waals surface area (Å²) >= 11 is 0. The maximum absolute atomic E-state index is 12.2. The number of nitrogens with zero attached hydrogens (tertiary/aromatic N) is 1. The number of carbonyl (C=O) groups is 1. The van der Waals surface area contributed by atoms with E-state index in [0.717, 1.165) is 6.42 Å². The molecule has 1 amide bonds. The van der Waals surface area contributed by atoms with Crippen molar-refractivity contribution in [3.63, 3.8) is 0 Å². The molecule has 0 aliphatic carbocycles. The maximum Gasteiger partial charge on any atom is 0.412 e. The molecular weight excluding hydrogens is 218 g/mol. The van der Waals surface area contributed by atoms with Crippen LogP contribution in [-0.4, -0.2) is 35.5 Å². The van der Waals surface area contributed by atoms with Crippen LogP contribution in [0, 0.1) is 5.92 Å². The second-order valence-corrected chi connectivity index (χ2v) is 6.03. The van der Waals surface area contributed by atoms with Crippen LogP contribution >= 0.6 is 0 Å². The molecule has 1 saturated heterocycles. The summed E-state index contributed by atoms with van der Waals surface area (Å²) in [5.41, 5.74) is -0.463. The lowest BCUT2D eigenvalue weighted by molar-refractivity contribution is -0.134. The molecular formula is C13H25NO3. The first-order valence-electron chi connectivity index (χ1n) is 6.35. The lowest BCUT2D eigenvalue weighted by Gasteiger charge is -2.42. The molecule has 100 valence electrons. The van der Waals surface area contributed by atoms with Crippen molar-refractivity contribution in [2.45, 2.75) is 65.8 Å². The van der Waals surface area contributed by atoms with Gasteiger partial charge in [-0.1, -0.05) is 13.8 Å². The number of amides is 1. The van der Waals surface area contributed by atoms with Crippen molar-refractivity contribution in [3.05, 3.63) is 0 Å². The van der Waals surface area contributed by atoms with Crippen LogP contribution < -0.4 is 0 Å². The summed E-state index contributed by atoms with van der Waals surface area (Å²) in [5, 5.41) is 0. The van der Waals surface area contributed by atoms with E-state index in [1.165, 1.54) is 0 Å². The first-order valence-corrected chi connectivity index (χ1v) is 6.35. The van der Waals surface area contributed by atoms with Gasteiger partial charge in [0.2, 0.25) is 0 Å². The summed E-state index contributed by atoms with van der Waals surface area (Å²) in [7, 11) is 0. The van der Waals surface area contributed by atoms with Gasteiger partial charge in [-0.2, -0.15) is 0 Å². The molecule has 1 aliphatic heterocycles. The van der Waals surface area contributed by atoms with Crippen LogP contribution in [0.25, 0.3) is 0 Å². The topological polar surface area (TPSA) is 38.8 Å². The Labute approximate surface area is 104 Å². The maximum atomic E-state index is 12.2. The molecule has 0 aromatic carbocycles. The van der Waals surface area contributed by atoms with Crippen LogP contribution in [0.2, 0.25) is 0 Å². The van der Waals surface area contributed by atoms with Crippen molar-refractivity contribution in [2.75, 3.05) is 6.61 Å². The lowest BCUT2D eigenvalue weighted by atomic mass is 10.1. The van der Waals surface area contributed by atoms with Gasteiger partial charge in [0.25, 0.3) is 0 Å². The highest BCUT2D eigenvalue weighted by molar-refractivity contribution is 5.69. The highest BCUT2D eigenvalue weighted by Gasteiger charge is 2.36. The summed E-state index contributed by atoms with van der Waals surface area (Å²) in [6.45, 7) is 12.5. The molecule has 4 heteroatoms. The smallest absolute Gasteiger partial charge is 0.412 e. The fraction of sp³-hybridized carbons (Fsp3) is 0.923. The van der Waals surface area contributed by atoms with Crippen molar-refractivity contribution < 1.29 is 14.3 Å². The molecule has 1 aliphatic rings. The van der Waals surface area contributed by atoms with Crippen LogP contribution in [0.5, 0.6) is 0 Å². The number of rotatable bonds is 1. The van der Waals surface area contributed by atoms with E-state index in [9.17, 15) is 4.79 Å². The Bertz CT molecular complexity index is 270. The van der Waals surface area contributed by atoms with Crippen LogP contribution in [0.4, 0.5) is 4.79 Å². The van der Waals surface area contributed by atoms with E-state index >= 15 is 0 Å². The molecule has 1 heterocycles. The van der Waals surface area contributed by atoms with Crippen molar-refractivity contribution in [1.82, 2.24) is 4.90 Å². The Balaban J connectivity index is 2.78. The standard InChI is InChI=1S/C13H25NO3/c1-9(2)11-14(10(3)7-8-16-11)12(15)17-13(4,5)6/h9-11H,7-8H2,1-6H3/t10-,11?/m0/s1. The summed E-state index contributed by atoms with van der Waals surface area (Å²) in [6, 6.07) is 0.172. The second kappa shape index (κ2) is 5.25. The monoisotopic (exact) mass is 243 g/mol. The third kappa shape index (κ3) is 3.87. The van der Waals surface area contributed by atoms with Gasteiger partial charge in [0.15, 0.2) is 0 Å². The third-order valence-electron chi connectivity index (χ3n) is 2.75. The number of hydrogen-bond donors (Lipinski definition) is 0. The van der Waals surface area contributed by atoms with Gasteiger partial charge >= 0.3 is 6.09 Å². The Kier molecular flexibility index (Phi) is 4.42. The molecule has 0 spiro atoms. The molecule has 1 unspecified atom stereocenters. The molecule has 0 saturated carbocycles. The Morgan fingerprint density at radius 2 is 2.00 bits per heavy atom. The summed E-state index contributed by atoms with van der Waals surface area (Å²) in [5.74, 6) is 0.269. The van der Waals surface area contributed by atoms with E-state index in [2.05, 4.69) is 13.8 Å². The zero-order chi connectivity index (χ0) is 13.2. The van der Waals surface area contributed by atoms with E-state index in [1.807, 2.05) is 27.7 Å². The van der Waals surface area contributed by atoms with Gasteiger partial charge in [0.1, 0.15) is 11.8 Å². The summed E-state index contributed by atoms with van der Waals surface area (Å²) in [6.07, 6.45) is 0.416. The Hall–Kier alpha value is -0.770. The fourth-order valence-electron chi connectivity index (χ4n) is 1.94. The predicted molar refractivity (Wildman–Crippen MR) is 66.7 cm³/mol. The Morgan fingerprint density at radius 1 is 1.41 bits per heavy atom.